The molecule has 2 aliphatic rings. The summed E-state index contributed by atoms with van der Waals surface area (Å²) in [6.45, 7) is 0.541. The minimum absolute atomic E-state index is 0.0433. The Morgan fingerprint density at radius 1 is 1.32 bits per heavy atom. The van der Waals surface area contributed by atoms with Gasteiger partial charge in [0.2, 0.25) is 5.91 Å². The highest BCUT2D eigenvalue weighted by molar-refractivity contribution is 7.10. The molecule has 4 nitrogen and oxygen atoms in total. The van der Waals surface area contributed by atoms with Crippen molar-refractivity contribution in [2.45, 2.75) is 38.1 Å². The number of rotatable bonds is 2. The number of nitrogens with zero attached hydrogens (tertiary/aromatic N) is 1. The Morgan fingerprint density at radius 2 is 2.05 bits per heavy atom. The summed E-state index contributed by atoms with van der Waals surface area (Å²) in [5.74, 6) is -0.825. The predicted octanol–water partition coefficient (Wildman–Crippen LogP) is 2.45. The summed E-state index contributed by atoms with van der Waals surface area (Å²) in [5.41, 5.74) is 0.815. The van der Waals surface area contributed by atoms with Crippen molar-refractivity contribution >= 4 is 23.2 Å². The molecule has 1 aromatic heterocycles. The van der Waals surface area contributed by atoms with Crippen LogP contribution in [0.1, 0.15) is 42.2 Å². The molecule has 0 aromatic carbocycles. The van der Waals surface area contributed by atoms with Gasteiger partial charge < -0.3 is 10.0 Å². The molecule has 1 atom stereocenters. The van der Waals surface area contributed by atoms with Gasteiger partial charge in [-0.25, -0.2) is 4.79 Å². The van der Waals surface area contributed by atoms with Gasteiger partial charge in [-0.2, -0.15) is 0 Å². The van der Waals surface area contributed by atoms with Crippen LogP contribution < -0.4 is 0 Å². The van der Waals surface area contributed by atoms with E-state index >= 15 is 0 Å². The summed E-state index contributed by atoms with van der Waals surface area (Å²) in [4.78, 5) is 26.8. The monoisotopic (exact) mass is 279 g/mol. The fourth-order valence-electron chi connectivity index (χ4n) is 3.23. The molecule has 5 heteroatoms. The van der Waals surface area contributed by atoms with Crippen LogP contribution in [0.5, 0.6) is 0 Å². The largest absolute Gasteiger partial charge is 0.479 e. The lowest BCUT2D eigenvalue weighted by atomic mass is 9.97. The van der Waals surface area contributed by atoms with Crippen LogP contribution in [0, 0.1) is 5.92 Å². The van der Waals surface area contributed by atoms with Crippen LogP contribution >= 0.6 is 11.3 Å². The number of fused-ring (bicyclic) bond motifs is 1. The SMILES string of the molecule is O=C(O)C1c2ccsc2CCN1C(=O)C1CCCC1. The first-order valence-electron chi connectivity index (χ1n) is 6.78. The van der Waals surface area contributed by atoms with Crippen LogP contribution in [0.2, 0.25) is 0 Å². The zero-order valence-electron chi connectivity index (χ0n) is 10.7. The van der Waals surface area contributed by atoms with Gasteiger partial charge in [-0.3, -0.25) is 4.79 Å². The number of carboxylic acids is 1. The Bertz CT molecular complexity index is 505. The van der Waals surface area contributed by atoms with Gasteiger partial charge >= 0.3 is 5.97 Å². The van der Waals surface area contributed by atoms with Crippen LogP contribution in [-0.2, 0) is 16.0 Å². The van der Waals surface area contributed by atoms with Gasteiger partial charge in [0.15, 0.2) is 6.04 Å². The second kappa shape index (κ2) is 4.96. The Hall–Kier alpha value is -1.36. The lowest BCUT2D eigenvalue weighted by molar-refractivity contribution is -0.153. The summed E-state index contributed by atoms with van der Waals surface area (Å²) in [6, 6.07) is 1.08. The molecule has 1 aliphatic carbocycles. The summed E-state index contributed by atoms with van der Waals surface area (Å²) < 4.78 is 0. The quantitative estimate of drug-likeness (QED) is 0.904. The summed E-state index contributed by atoms with van der Waals surface area (Å²) in [6.07, 6.45) is 4.79. The summed E-state index contributed by atoms with van der Waals surface area (Å²) >= 11 is 1.59. The van der Waals surface area contributed by atoms with Gasteiger partial charge in [-0.1, -0.05) is 12.8 Å². The van der Waals surface area contributed by atoms with Gasteiger partial charge in [-0.05, 0) is 36.3 Å². The Labute approximate surface area is 116 Å². The van der Waals surface area contributed by atoms with Crippen LogP contribution in [0.3, 0.4) is 0 Å². The third-order valence-corrected chi connectivity index (χ3v) is 5.18. The topological polar surface area (TPSA) is 57.6 Å². The molecule has 1 saturated carbocycles. The molecule has 1 N–H and O–H groups in total. The van der Waals surface area contributed by atoms with Gasteiger partial charge in [0.05, 0.1) is 0 Å². The second-order valence-corrected chi connectivity index (χ2v) is 6.30. The second-order valence-electron chi connectivity index (χ2n) is 5.30. The number of amides is 1. The molecule has 2 heterocycles. The standard InChI is InChI=1S/C14H17NO3S/c16-13(9-3-1-2-4-9)15-7-5-11-10(6-8-19-11)12(15)14(17)18/h6,8-9,12H,1-5,7H2,(H,17,18). The minimum atomic E-state index is -0.911. The fourth-order valence-corrected chi connectivity index (χ4v) is 4.13. The van der Waals surface area contributed by atoms with E-state index in [9.17, 15) is 14.7 Å². The molecule has 19 heavy (non-hydrogen) atoms. The van der Waals surface area contributed by atoms with Crippen LogP contribution in [0.4, 0.5) is 0 Å². The van der Waals surface area contributed by atoms with Crippen molar-refractivity contribution in [1.29, 1.82) is 0 Å². The molecule has 0 bridgehead atoms. The first-order chi connectivity index (χ1) is 9.18. The Kier molecular flexibility index (Phi) is 3.31. The average molecular weight is 279 g/mol. The number of hydrogen-bond donors (Lipinski definition) is 1. The van der Waals surface area contributed by atoms with Crippen molar-refractivity contribution in [2.24, 2.45) is 5.92 Å². The van der Waals surface area contributed by atoms with Gasteiger partial charge in [0.1, 0.15) is 0 Å². The van der Waals surface area contributed by atoms with Crippen molar-refractivity contribution in [3.63, 3.8) is 0 Å². The van der Waals surface area contributed by atoms with Crippen molar-refractivity contribution in [1.82, 2.24) is 4.90 Å². The average Bonchev–Trinajstić information content (AvgIpc) is 3.06. The molecule has 1 amide bonds. The van der Waals surface area contributed by atoms with Crippen LogP contribution in [0.25, 0.3) is 0 Å². The molecule has 0 spiro atoms. The third kappa shape index (κ3) is 2.16. The number of hydrogen-bond acceptors (Lipinski definition) is 3. The van der Waals surface area contributed by atoms with Gasteiger partial charge in [0, 0.05) is 17.3 Å². The number of carbonyl (C=O) groups excluding carboxylic acids is 1. The lowest BCUT2D eigenvalue weighted by Crippen LogP contribution is -2.45. The van der Waals surface area contributed by atoms with E-state index in [2.05, 4.69) is 0 Å². The molecule has 0 radical (unpaired) electrons. The maximum atomic E-state index is 12.5. The zero-order chi connectivity index (χ0) is 13.4. The van der Waals surface area contributed by atoms with Crippen molar-refractivity contribution in [3.05, 3.63) is 21.9 Å². The van der Waals surface area contributed by atoms with Crippen LogP contribution in [-0.4, -0.2) is 28.4 Å². The highest BCUT2D eigenvalue weighted by Crippen LogP contribution is 2.36. The Balaban J connectivity index is 1.89. The fraction of sp³-hybridized carbons (Fsp3) is 0.571. The first-order valence-corrected chi connectivity index (χ1v) is 7.66. The lowest BCUT2D eigenvalue weighted by Gasteiger charge is -2.34. The van der Waals surface area contributed by atoms with Crippen molar-refractivity contribution in [2.75, 3.05) is 6.54 Å². The summed E-state index contributed by atoms with van der Waals surface area (Å²) in [7, 11) is 0. The zero-order valence-corrected chi connectivity index (χ0v) is 11.5. The summed E-state index contributed by atoms with van der Waals surface area (Å²) in [5, 5.41) is 11.4. The molecule has 0 saturated heterocycles. The van der Waals surface area contributed by atoms with Crippen LogP contribution in [0.15, 0.2) is 11.4 Å². The van der Waals surface area contributed by atoms with E-state index in [0.717, 1.165) is 42.5 Å². The van der Waals surface area contributed by atoms with E-state index < -0.39 is 12.0 Å². The van der Waals surface area contributed by atoms with Crippen molar-refractivity contribution in [3.8, 4) is 0 Å². The number of carbonyl (C=O) groups is 2. The molecular weight excluding hydrogens is 262 g/mol. The number of thiophene rings is 1. The minimum Gasteiger partial charge on any atom is -0.479 e. The highest BCUT2D eigenvalue weighted by Gasteiger charge is 2.39. The predicted molar refractivity (Wildman–Crippen MR) is 72.1 cm³/mol. The number of carboxylic acid groups (broad SMARTS) is 1. The van der Waals surface area contributed by atoms with Crippen molar-refractivity contribution < 1.29 is 14.7 Å². The molecule has 1 unspecified atom stereocenters. The normalized spacial score (nSPS) is 23.4. The van der Waals surface area contributed by atoms with E-state index in [1.165, 1.54) is 0 Å². The van der Waals surface area contributed by atoms with E-state index in [-0.39, 0.29) is 11.8 Å². The van der Waals surface area contributed by atoms with Gasteiger partial charge in [-0.15, -0.1) is 11.3 Å². The Morgan fingerprint density at radius 3 is 2.74 bits per heavy atom. The molecule has 3 rings (SSSR count). The maximum absolute atomic E-state index is 12.5. The van der Waals surface area contributed by atoms with E-state index in [1.807, 2.05) is 11.4 Å². The molecular formula is C14H17NO3S. The maximum Gasteiger partial charge on any atom is 0.331 e. The van der Waals surface area contributed by atoms with E-state index in [1.54, 1.807) is 16.2 Å². The number of aliphatic carboxylic acids is 1. The molecule has 102 valence electrons. The highest BCUT2D eigenvalue weighted by atomic mass is 32.1. The third-order valence-electron chi connectivity index (χ3n) is 4.19. The molecule has 1 aromatic rings. The van der Waals surface area contributed by atoms with Gasteiger partial charge in [0.25, 0.3) is 0 Å². The first kappa shape index (κ1) is 12.7. The smallest absolute Gasteiger partial charge is 0.331 e. The van der Waals surface area contributed by atoms with E-state index in [4.69, 9.17) is 0 Å². The molecule has 1 aliphatic heterocycles. The van der Waals surface area contributed by atoms with E-state index in [0.29, 0.717) is 6.54 Å². The molecule has 1 fully saturated rings.